The van der Waals surface area contributed by atoms with E-state index in [-0.39, 0.29) is 5.97 Å². The Labute approximate surface area is 82.3 Å². The van der Waals surface area contributed by atoms with Gasteiger partial charge in [0.2, 0.25) is 0 Å². The Bertz CT molecular complexity index is 135. The second-order valence-electron chi connectivity index (χ2n) is 2.30. The summed E-state index contributed by atoms with van der Waals surface area (Å²) in [6, 6.07) is 0. The van der Waals surface area contributed by atoms with Crippen molar-refractivity contribution in [3.8, 4) is 0 Å². The van der Waals surface area contributed by atoms with Crippen LogP contribution in [0.5, 0.6) is 0 Å². The molecule has 0 radical (unpaired) electrons. The molecule has 0 amide bonds. The van der Waals surface area contributed by atoms with Gasteiger partial charge in [-0.2, -0.15) is 11.8 Å². The van der Waals surface area contributed by atoms with Crippen LogP contribution in [0.1, 0.15) is 12.8 Å². The summed E-state index contributed by atoms with van der Waals surface area (Å²) in [5.74, 6) is 6.20. The first-order valence-corrected chi connectivity index (χ1v) is 5.18. The van der Waals surface area contributed by atoms with Crippen molar-refractivity contribution in [2.45, 2.75) is 12.8 Å². The van der Waals surface area contributed by atoms with Crippen LogP contribution in [0.2, 0.25) is 0 Å². The lowest BCUT2D eigenvalue weighted by Gasteiger charge is -2.01. The van der Waals surface area contributed by atoms with Gasteiger partial charge in [-0.25, -0.2) is 5.84 Å². The van der Waals surface area contributed by atoms with Gasteiger partial charge in [-0.05, 0) is 12.2 Å². The van der Waals surface area contributed by atoms with Gasteiger partial charge in [0.05, 0.1) is 6.42 Å². The average molecular weight is 208 g/mol. The number of hydrazine groups is 1. The fraction of sp³-hybridized carbons (Fsp3) is 0.857. The van der Waals surface area contributed by atoms with E-state index in [2.05, 4.69) is 4.84 Å². The molecule has 0 bridgehead atoms. The van der Waals surface area contributed by atoms with Crippen molar-refractivity contribution >= 4 is 17.7 Å². The van der Waals surface area contributed by atoms with E-state index in [0.717, 1.165) is 24.5 Å². The van der Waals surface area contributed by atoms with Crippen molar-refractivity contribution in [3.63, 3.8) is 0 Å². The molecule has 0 aliphatic rings. The molecule has 0 fully saturated rings. The third-order valence-electron chi connectivity index (χ3n) is 1.26. The molecular formula is C7H16N2O3S. The lowest BCUT2D eigenvalue weighted by atomic mass is 10.5. The Balaban J connectivity index is 3.02. The summed E-state index contributed by atoms with van der Waals surface area (Å²) < 4.78 is 4.88. The van der Waals surface area contributed by atoms with Gasteiger partial charge >= 0.3 is 5.97 Å². The van der Waals surface area contributed by atoms with E-state index >= 15 is 0 Å². The largest absolute Gasteiger partial charge is 0.385 e. The molecule has 5 nitrogen and oxygen atoms in total. The van der Waals surface area contributed by atoms with Crippen molar-refractivity contribution in [1.82, 2.24) is 5.59 Å². The van der Waals surface area contributed by atoms with Crippen LogP contribution in [0.4, 0.5) is 0 Å². The molecule has 13 heavy (non-hydrogen) atoms. The molecule has 0 aliphatic heterocycles. The van der Waals surface area contributed by atoms with Crippen molar-refractivity contribution in [3.05, 3.63) is 0 Å². The van der Waals surface area contributed by atoms with Crippen LogP contribution in [0.15, 0.2) is 0 Å². The first-order valence-electron chi connectivity index (χ1n) is 4.03. The molecule has 0 aromatic rings. The smallest absolute Gasteiger partial charge is 0.327 e. The number of ether oxygens (including phenoxy) is 1. The number of nitrogens with two attached hydrogens (primary N) is 1. The van der Waals surface area contributed by atoms with Crippen LogP contribution < -0.4 is 11.4 Å². The predicted molar refractivity (Wildman–Crippen MR) is 51.9 cm³/mol. The predicted octanol–water partition coefficient (Wildman–Crippen LogP) is 0.0677. The summed E-state index contributed by atoms with van der Waals surface area (Å²) in [4.78, 5) is 15.0. The lowest BCUT2D eigenvalue weighted by molar-refractivity contribution is -0.150. The quantitative estimate of drug-likeness (QED) is 0.334. The minimum Gasteiger partial charge on any atom is -0.385 e. The van der Waals surface area contributed by atoms with Crippen LogP contribution in [-0.2, 0) is 14.4 Å². The van der Waals surface area contributed by atoms with Crippen LogP contribution in [0, 0.1) is 0 Å². The van der Waals surface area contributed by atoms with Gasteiger partial charge in [-0.1, -0.05) is 5.59 Å². The van der Waals surface area contributed by atoms with Crippen LogP contribution in [-0.4, -0.2) is 31.2 Å². The van der Waals surface area contributed by atoms with E-state index < -0.39 is 0 Å². The van der Waals surface area contributed by atoms with Gasteiger partial charge in [-0.15, -0.1) is 0 Å². The molecule has 78 valence electrons. The standard InChI is InChI=1S/C7H16N2O3S/c1-11-4-2-5-13-6-3-7(10)12-9-8/h9H,2-6,8H2,1H3. The number of carbonyl (C=O) groups is 1. The third kappa shape index (κ3) is 9.62. The molecule has 0 unspecified atom stereocenters. The molecule has 0 saturated carbocycles. The minimum absolute atomic E-state index is 0.332. The number of nitrogens with one attached hydrogen (secondary N) is 1. The highest BCUT2D eigenvalue weighted by Gasteiger charge is 2.00. The molecule has 3 N–H and O–H groups in total. The Morgan fingerprint density at radius 2 is 2.31 bits per heavy atom. The fourth-order valence-corrected chi connectivity index (χ4v) is 1.52. The zero-order valence-electron chi connectivity index (χ0n) is 7.75. The monoisotopic (exact) mass is 208 g/mol. The van der Waals surface area contributed by atoms with E-state index in [4.69, 9.17) is 10.6 Å². The Morgan fingerprint density at radius 1 is 1.54 bits per heavy atom. The molecule has 0 aromatic carbocycles. The molecule has 0 spiro atoms. The van der Waals surface area contributed by atoms with E-state index in [1.165, 1.54) is 0 Å². The van der Waals surface area contributed by atoms with Gasteiger partial charge in [0, 0.05) is 19.5 Å². The molecule has 0 rings (SSSR count). The van der Waals surface area contributed by atoms with Crippen molar-refractivity contribution in [2.24, 2.45) is 5.84 Å². The first kappa shape index (κ1) is 12.7. The van der Waals surface area contributed by atoms with Crippen LogP contribution in [0.3, 0.4) is 0 Å². The first-order chi connectivity index (χ1) is 6.31. The Kier molecular flexibility index (Phi) is 9.56. The highest BCUT2D eigenvalue weighted by atomic mass is 32.2. The van der Waals surface area contributed by atoms with Gasteiger partial charge in [0.15, 0.2) is 0 Å². The topological polar surface area (TPSA) is 73.6 Å². The molecule has 6 heteroatoms. The van der Waals surface area contributed by atoms with E-state index in [0.29, 0.717) is 6.42 Å². The maximum absolute atomic E-state index is 10.7. The van der Waals surface area contributed by atoms with Gasteiger partial charge in [-0.3, -0.25) is 4.79 Å². The molecule has 0 atom stereocenters. The Morgan fingerprint density at radius 3 is 2.92 bits per heavy atom. The SMILES string of the molecule is COCCCSCCC(=O)ONN. The average Bonchev–Trinajstić information content (AvgIpc) is 2.11. The third-order valence-corrected chi connectivity index (χ3v) is 2.33. The molecule has 0 heterocycles. The number of carbonyl (C=O) groups excluding carboxylic acids is 1. The second-order valence-corrected chi connectivity index (χ2v) is 3.53. The minimum atomic E-state index is -0.332. The highest BCUT2D eigenvalue weighted by Crippen LogP contribution is 2.04. The summed E-state index contributed by atoms with van der Waals surface area (Å²) >= 11 is 1.70. The van der Waals surface area contributed by atoms with Crippen molar-refractivity contribution < 1.29 is 14.4 Å². The highest BCUT2D eigenvalue weighted by molar-refractivity contribution is 7.99. The lowest BCUT2D eigenvalue weighted by Crippen LogP contribution is -2.26. The maximum atomic E-state index is 10.7. The normalized spacial score (nSPS) is 10.0. The molecule has 0 aromatic heterocycles. The van der Waals surface area contributed by atoms with Crippen molar-refractivity contribution in [1.29, 1.82) is 0 Å². The summed E-state index contributed by atoms with van der Waals surface area (Å²) in [6.07, 6.45) is 1.38. The zero-order valence-corrected chi connectivity index (χ0v) is 8.56. The van der Waals surface area contributed by atoms with Crippen molar-refractivity contribution in [2.75, 3.05) is 25.2 Å². The van der Waals surface area contributed by atoms with E-state index in [9.17, 15) is 4.79 Å². The number of rotatable bonds is 8. The van der Waals surface area contributed by atoms with E-state index in [1.807, 2.05) is 5.59 Å². The van der Waals surface area contributed by atoms with Crippen LogP contribution >= 0.6 is 11.8 Å². The summed E-state index contributed by atoms with van der Waals surface area (Å²) in [5.41, 5.74) is 1.85. The Hall–Kier alpha value is -0.300. The summed E-state index contributed by atoms with van der Waals surface area (Å²) in [7, 11) is 1.68. The molecular weight excluding hydrogens is 192 g/mol. The number of hydrogen-bond acceptors (Lipinski definition) is 6. The summed E-state index contributed by atoms with van der Waals surface area (Å²) in [6.45, 7) is 0.766. The summed E-state index contributed by atoms with van der Waals surface area (Å²) in [5, 5.41) is 0. The van der Waals surface area contributed by atoms with Gasteiger partial charge in [0.1, 0.15) is 0 Å². The fourth-order valence-electron chi connectivity index (χ4n) is 0.680. The number of thioether (sulfide) groups is 1. The second kappa shape index (κ2) is 9.79. The van der Waals surface area contributed by atoms with Crippen LogP contribution in [0.25, 0.3) is 0 Å². The molecule has 0 saturated heterocycles. The molecule has 0 aliphatic carbocycles. The van der Waals surface area contributed by atoms with E-state index in [1.54, 1.807) is 18.9 Å². The number of methoxy groups -OCH3 is 1. The number of hydrogen-bond donors (Lipinski definition) is 2. The maximum Gasteiger partial charge on any atom is 0.327 e. The zero-order chi connectivity index (χ0) is 9.94. The van der Waals surface area contributed by atoms with Gasteiger partial charge < -0.3 is 9.57 Å². The van der Waals surface area contributed by atoms with Gasteiger partial charge in [0.25, 0.3) is 0 Å².